The van der Waals surface area contributed by atoms with Gasteiger partial charge in [0, 0.05) is 6.04 Å². The summed E-state index contributed by atoms with van der Waals surface area (Å²) in [5, 5.41) is 3.33. The predicted octanol–water partition coefficient (Wildman–Crippen LogP) is 2.34. The fraction of sp³-hybridized carbons (Fsp3) is 0.800. The molecule has 1 heteroatoms. The van der Waals surface area contributed by atoms with Crippen molar-refractivity contribution in [2.24, 2.45) is 5.92 Å². The van der Waals surface area contributed by atoms with Gasteiger partial charge in [-0.3, -0.25) is 0 Å². The molecule has 1 N–H and O–H groups in total. The van der Waals surface area contributed by atoms with Crippen LogP contribution in [0, 0.1) is 5.92 Å². The van der Waals surface area contributed by atoms with E-state index in [1.54, 1.807) is 0 Å². The first-order chi connectivity index (χ1) is 5.36. The van der Waals surface area contributed by atoms with Crippen LogP contribution in [-0.2, 0) is 0 Å². The zero-order valence-electron chi connectivity index (χ0n) is 7.47. The minimum absolute atomic E-state index is 0.679. The third-order valence-electron chi connectivity index (χ3n) is 2.70. The first kappa shape index (κ1) is 8.79. The Kier molecular flexibility index (Phi) is 3.64. The summed E-state index contributed by atoms with van der Waals surface area (Å²) in [6, 6.07) is 0.679. The van der Waals surface area contributed by atoms with Crippen LogP contribution in [0.4, 0.5) is 0 Å². The largest absolute Gasteiger partial charge is 0.317 e. The van der Waals surface area contributed by atoms with Gasteiger partial charge in [0.15, 0.2) is 0 Å². The average molecular weight is 153 g/mol. The van der Waals surface area contributed by atoms with Crippen molar-refractivity contribution >= 4 is 0 Å². The molecule has 0 saturated heterocycles. The molecule has 1 aliphatic carbocycles. The van der Waals surface area contributed by atoms with Crippen molar-refractivity contribution in [3.05, 3.63) is 12.7 Å². The van der Waals surface area contributed by atoms with E-state index in [-0.39, 0.29) is 0 Å². The van der Waals surface area contributed by atoms with Crippen LogP contribution in [0.1, 0.15) is 32.1 Å². The van der Waals surface area contributed by atoms with Gasteiger partial charge < -0.3 is 5.32 Å². The smallest absolute Gasteiger partial charge is 0.0101 e. The fourth-order valence-electron chi connectivity index (χ4n) is 1.66. The maximum absolute atomic E-state index is 3.76. The first-order valence-corrected chi connectivity index (χ1v) is 4.65. The lowest BCUT2D eigenvalue weighted by Crippen LogP contribution is -2.29. The summed E-state index contributed by atoms with van der Waals surface area (Å²) >= 11 is 0. The summed E-state index contributed by atoms with van der Waals surface area (Å²) in [6.07, 6.45) is 8.84. The van der Waals surface area contributed by atoms with E-state index in [0.29, 0.717) is 6.04 Å². The summed E-state index contributed by atoms with van der Waals surface area (Å²) in [4.78, 5) is 0. The molecule has 11 heavy (non-hydrogen) atoms. The van der Waals surface area contributed by atoms with Gasteiger partial charge in [-0.1, -0.05) is 25.3 Å². The van der Waals surface area contributed by atoms with E-state index >= 15 is 0 Å². The lowest BCUT2D eigenvalue weighted by atomic mass is 9.80. The molecule has 64 valence electrons. The van der Waals surface area contributed by atoms with Crippen LogP contribution in [0.15, 0.2) is 12.7 Å². The highest BCUT2D eigenvalue weighted by atomic mass is 14.9. The topological polar surface area (TPSA) is 12.0 Å². The van der Waals surface area contributed by atoms with E-state index in [1.165, 1.54) is 25.7 Å². The van der Waals surface area contributed by atoms with Crippen molar-refractivity contribution in [2.45, 2.75) is 38.1 Å². The van der Waals surface area contributed by atoms with Crippen molar-refractivity contribution in [1.82, 2.24) is 5.32 Å². The molecule has 1 aliphatic rings. The van der Waals surface area contributed by atoms with Crippen LogP contribution < -0.4 is 5.32 Å². The third kappa shape index (κ3) is 2.66. The molecule has 0 amide bonds. The van der Waals surface area contributed by atoms with Gasteiger partial charge in [-0.05, 0) is 25.8 Å². The summed E-state index contributed by atoms with van der Waals surface area (Å²) in [5.74, 6) is 1.01. The van der Waals surface area contributed by atoms with Crippen molar-refractivity contribution in [3.63, 3.8) is 0 Å². The van der Waals surface area contributed by atoms with E-state index in [4.69, 9.17) is 0 Å². The molecule has 0 aromatic carbocycles. The molecular formula is C10H19N. The molecule has 1 unspecified atom stereocenters. The second-order valence-corrected chi connectivity index (χ2v) is 3.54. The Morgan fingerprint density at radius 1 is 1.64 bits per heavy atom. The molecule has 0 aromatic rings. The van der Waals surface area contributed by atoms with Gasteiger partial charge in [0.05, 0.1) is 0 Å². The monoisotopic (exact) mass is 153 g/mol. The normalized spacial score (nSPS) is 20.8. The van der Waals surface area contributed by atoms with Gasteiger partial charge in [0.25, 0.3) is 0 Å². The molecule has 0 bridgehead atoms. The minimum Gasteiger partial charge on any atom is -0.317 e. The van der Waals surface area contributed by atoms with Gasteiger partial charge in [-0.15, -0.1) is 6.58 Å². The van der Waals surface area contributed by atoms with E-state index < -0.39 is 0 Å². The quantitative estimate of drug-likeness (QED) is 0.598. The van der Waals surface area contributed by atoms with Gasteiger partial charge in [0.1, 0.15) is 0 Å². The van der Waals surface area contributed by atoms with Crippen LogP contribution in [0.3, 0.4) is 0 Å². The maximum Gasteiger partial charge on any atom is 0.0101 e. The highest BCUT2D eigenvalue weighted by molar-refractivity contribution is 4.81. The van der Waals surface area contributed by atoms with Gasteiger partial charge >= 0.3 is 0 Å². The predicted molar refractivity (Wildman–Crippen MR) is 49.6 cm³/mol. The summed E-state index contributed by atoms with van der Waals surface area (Å²) in [6.45, 7) is 3.76. The molecule has 1 atom stereocenters. The number of rotatable bonds is 5. The molecule has 1 nitrogen and oxygen atoms in total. The van der Waals surface area contributed by atoms with Crippen LogP contribution in [0.2, 0.25) is 0 Å². The molecule has 0 aromatic heterocycles. The fourth-order valence-corrected chi connectivity index (χ4v) is 1.66. The van der Waals surface area contributed by atoms with E-state index in [1.807, 2.05) is 13.1 Å². The van der Waals surface area contributed by atoms with E-state index in [2.05, 4.69) is 11.9 Å². The molecule has 0 radical (unpaired) electrons. The highest BCUT2D eigenvalue weighted by Gasteiger charge is 2.20. The van der Waals surface area contributed by atoms with Crippen LogP contribution in [0.25, 0.3) is 0 Å². The zero-order chi connectivity index (χ0) is 8.10. The van der Waals surface area contributed by atoms with Crippen LogP contribution in [0.5, 0.6) is 0 Å². The molecule has 1 rings (SSSR count). The van der Waals surface area contributed by atoms with Crippen LogP contribution in [-0.4, -0.2) is 13.1 Å². The molecular weight excluding hydrogens is 134 g/mol. The minimum atomic E-state index is 0.679. The number of nitrogens with one attached hydrogen (secondary N) is 1. The Hall–Kier alpha value is -0.300. The molecule has 0 aliphatic heterocycles. The Labute approximate surface area is 69.9 Å². The Bertz CT molecular complexity index is 116. The number of hydrogen-bond donors (Lipinski definition) is 1. The van der Waals surface area contributed by atoms with Gasteiger partial charge in [0.2, 0.25) is 0 Å². The zero-order valence-corrected chi connectivity index (χ0v) is 7.47. The molecule has 0 heterocycles. The Morgan fingerprint density at radius 3 is 2.73 bits per heavy atom. The first-order valence-electron chi connectivity index (χ1n) is 4.65. The van der Waals surface area contributed by atoms with E-state index in [9.17, 15) is 0 Å². The van der Waals surface area contributed by atoms with E-state index in [0.717, 1.165) is 12.3 Å². The standard InChI is InChI=1S/C10H19N/c1-3-5-10(11-2)8-9-6-4-7-9/h3,9-11H,1,4-8H2,2H3. The second-order valence-electron chi connectivity index (χ2n) is 3.54. The molecule has 1 saturated carbocycles. The van der Waals surface area contributed by atoms with Crippen molar-refractivity contribution in [1.29, 1.82) is 0 Å². The van der Waals surface area contributed by atoms with Gasteiger partial charge in [-0.25, -0.2) is 0 Å². The van der Waals surface area contributed by atoms with Gasteiger partial charge in [-0.2, -0.15) is 0 Å². The number of hydrogen-bond acceptors (Lipinski definition) is 1. The average Bonchev–Trinajstić information content (AvgIpc) is 1.94. The third-order valence-corrected chi connectivity index (χ3v) is 2.70. The summed E-state index contributed by atoms with van der Waals surface area (Å²) in [7, 11) is 2.05. The highest BCUT2D eigenvalue weighted by Crippen LogP contribution is 2.30. The van der Waals surface area contributed by atoms with Crippen molar-refractivity contribution in [3.8, 4) is 0 Å². The maximum atomic E-state index is 3.76. The summed E-state index contributed by atoms with van der Waals surface area (Å²) < 4.78 is 0. The second kappa shape index (κ2) is 4.55. The van der Waals surface area contributed by atoms with Crippen LogP contribution >= 0.6 is 0 Å². The van der Waals surface area contributed by atoms with Crippen molar-refractivity contribution in [2.75, 3.05) is 7.05 Å². The molecule has 0 spiro atoms. The summed E-state index contributed by atoms with van der Waals surface area (Å²) in [5.41, 5.74) is 0. The lowest BCUT2D eigenvalue weighted by molar-refractivity contribution is 0.265. The molecule has 1 fully saturated rings. The lowest BCUT2D eigenvalue weighted by Gasteiger charge is -2.29. The van der Waals surface area contributed by atoms with Crippen molar-refractivity contribution < 1.29 is 0 Å². The Balaban J connectivity index is 2.13. The Morgan fingerprint density at radius 2 is 2.36 bits per heavy atom. The SMILES string of the molecule is C=CCC(CC1CCC1)NC.